The highest BCUT2D eigenvalue weighted by atomic mass is 16.6. The van der Waals surface area contributed by atoms with E-state index in [9.17, 15) is 29.8 Å². The van der Waals surface area contributed by atoms with Crippen LogP contribution in [-0.2, 0) is 4.74 Å². The molecule has 3 fully saturated rings. The lowest BCUT2D eigenvalue weighted by Gasteiger charge is -2.58. The van der Waals surface area contributed by atoms with Crippen molar-refractivity contribution in [2.75, 3.05) is 0 Å². The number of nitro benzene ring substituents is 2. The Kier molecular flexibility index (Phi) is 8.16. The first-order valence-electron chi connectivity index (χ1n) is 16.3. The number of ketones is 1. The molecule has 9 heteroatoms. The molecule has 0 amide bonds. The van der Waals surface area contributed by atoms with Crippen LogP contribution in [0.5, 0.6) is 0 Å². The molecule has 238 valence electrons. The standard InChI is InChI=1S/C36H42N2O7/c1-22(20-33(39)23-4-9-26(10-5-23)37(41)42)30-14-15-31-29-13-8-25-21-28(16-18-35(25,2)32(29)17-19-36(30,31)3)45-34(40)24-6-11-27(12-7-24)38(43)44/h4-7,9-13,22,25,28,30-32H,8,14-21H2,1-3H3/t22?,25?,28-,30-,31+,32+,35+,36-/m1/s1. The van der Waals surface area contributed by atoms with Gasteiger partial charge in [0.05, 0.1) is 15.4 Å². The maximum atomic E-state index is 13.2. The normalized spacial score (nSPS) is 32.7. The number of allylic oxidation sites excluding steroid dienone is 2. The van der Waals surface area contributed by atoms with Crippen molar-refractivity contribution in [2.45, 2.75) is 84.7 Å². The van der Waals surface area contributed by atoms with Crippen LogP contribution >= 0.6 is 0 Å². The second-order valence-electron chi connectivity index (χ2n) is 14.5. The van der Waals surface area contributed by atoms with Crippen LogP contribution in [0.4, 0.5) is 11.4 Å². The van der Waals surface area contributed by atoms with Crippen LogP contribution in [0, 0.1) is 60.6 Å². The molecule has 0 aromatic heterocycles. The molecule has 4 aliphatic rings. The molecule has 6 rings (SSSR count). The number of Topliss-reactive ketones (excluding diaryl/α,β-unsaturated/α-hetero) is 1. The summed E-state index contributed by atoms with van der Waals surface area (Å²) in [4.78, 5) is 47.0. The van der Waals surface area contributed by atoms with E-state index in [1.54, 1.807) is 17.7 Å². The molecule has 2 unspecified atom stereocenters. The van der Waals surface area contributed by atoms with E-state index < -0.39 is 15.8 Å². The number of hydrogen-bond acceptors (Lipinski definition) is 7. The van der Waals surface area contributed by atoms with Crippen LogP contribution in [0.25, 0.3) is 0 Å². The first-order valence-corrected chi connectivity index (χ1v) is 16.3. The zero-order chi connectivity index (χ0) is 32.1. The third-order valence-electron chi connectivity index (χ3n) is 12.3. The summed E-state index contributed by atoms with van der Waals surface area (Å²) in [6, 6.07) is 11.6. The molecule has 0 bridgehead atoms. The SMILES string of the molecule is CC(CC(=O)c1ccc([N+](=O)[O-])cc1)[C@H]1CC[C@H]2C3=CCC4C[C@H](OC(=O)c5ccc([N+](=O)[O-])cc5)CC[C@]4(C)[C@H]3CC[C@]12C. The Hall–Kier alpha value is -3.88. The predicted octanol–water partition coefficient (Wildman–Crippen LogP) is 8.52. The number of nitrogens with zero attached hydrogens (tertiary/aromatic N) is 2. The average Bonchev–Trinajstić information content (AvgIpc) is 3.38. The van der Waals surface area contributed by atoms with Crippen molar-refractivity contribution in [2.24, 2.45) is 40.4 Å². The fraction of sp³-hybridized carbons (Fsp3) is 0.556. The number of rotatable bonds is 8. The first-order chi connectivity index (χ1) is 21.4. The highest BCUT2D eigenvalue weighted by Gasteiger charge is 2.58. The van der Waals surface area contributed by atoms with Gasteiger partial charge >= 0.3 is 5.97 Å². The number of nitro groups is 2. The van der Waals surface area contributed by atoms with Crippen molar-refractivity contribution in [1.29, 1.82) is 0 Å². The molecule has 0 saturated heterocycles. The van der Waals surface area contributed by atoms with Crippen molar-refractivity contribution in [1.82, 2.24) is 0 Å². The van der Waals surface area contributed by atoms with Gasteiger partial charge in [0.15, 0.2) is 5.78 Å². The van der Waals surface area contributed by atoms with E-state index in [1.807, 2.05) is 0 Å². The highest BCUT2D eigenvalue weighted by molar-refractivity contribution is 5.96. The Morgan fingerprint density at radius 1 is 0.844 bits per heavy atom. The minimum absolute atomic E-state index is 0.00375. The van der Waals surface area contributed by atoms with E-state index in [-0.39, 0.29) is 40.0 Å². The molecule has 2 aromatic carbocycles. The molecule has 3 saturated carbocycles. The van der Waals surface area contributed by atoms with E-state index in [0.29, 0.717) is 41.2 Å². The van der Waals surface area contributed by atoms with Gasteiger partial charge in [0.1, 0.15) is 6.10 Å². The van der Waals surface area contributed by atoms with E-state index >= 15 is 0 Å². The maximum Gasteiger partial charge on any atom is 0.338 e. The van der Waals surface area contributed by atoms with Gasteiger partial charge in [-0.25, -0.2) is 4.79 Å². The smallest absolute Gasteiger partial charge is 0.338 e. The quantitative estimate of drug-likeness (QED) is 0.0958. The molecule has 0 spiro atoms. The second-order valence-corrected chi connectivity index (χ2v) is 14.5. The van der Waals surface area contributed by atoms with Gasteiger partial charge in [-0.3, -0.25) is 25.0 Å². The summed E-state index contributed by atoms with van der Waals surface area (Å²) in [5, 5.41) is 22.0. The molecule has 0 heterocycles. The highest BCUT2D eigenvalue weighted by Crippen LogP contribution is 2.67. The summed E-state index contributed by atoms with van der Waals surface area (Å²) >= 11 is 0. The summed E-state index contributed by atoms with van der Waals surface area (Å²) in [7, 11) is 0. The van der Waals surface area contributed by atoms with Gasteiger partial charge in [-0.2, -0.15) is 0 Å². The monoisotopic (exact) mass is 614 g/mol. The van der Waals surface area contributed by atoms with E-state index in [2.05, 4.69) is 26.8 Å². The lowest BCUT2D eigenvalue weighted by molar-refractivity contribution is -0.385. The van der Waals surface area contributed by atoms with Crippen molar-refractivity contribution < 1.29 is 24.2 Å². The number of non-ortho nitro benzene ring substituents is 2. The van der Waals surface area contributed by atoms with Gasteiger partial charge in [-0.15, -0.1) is 0 Å². The van der Waals surface area contributed by atoms with Crippen molar-refractivity contribution in [3.05, 3.63) is 91.5 Å². The molecule has 0 radical (unpaired) electrons. The Morgan fingerprint density at radius 3 is 2.04 bits per heavy atom. The number of fused-ring (bicyclic) bond motifs is 5. The lowest BCUT2D eigenvalue weighted by Crippen LogP contribution is -2.50. The van der Waals surface area contributed by atoms with Crippen LogP contribution in [0.2, 0.25) is 0 Å². The molecule has 8 atom stereocenters. The van der Waals surface area contributed by atoms with Gasteiger partial charge in [0.2, 0.25) is 0 Å². The van der Waals surface area contributed by atoms with Gasteiger partial charge in [-0.1, -0.05) is 32.4 Å². The fourth-order valence-corrected chi connectivity index (χ4v) is 9.82. The van der Waals surface area contributed by atoms with Crippen LogP contribution < -0.4 is 0 Å². The predicted molar refractivity (Wildman–Crippen MR) is 169 cm³/mol. The zero-order valence-electron chi connectivity index (χ0n) is 26.3. The summed E-state index contributed by atoms with van der Waals surface area (Å²) in [6.07, 6.45) is 11.0. The fourth-order valence-electron chi connectivity index (χ4n) is 9.82. The minimum Gasteiger partial charge on any atom is -0.459 e. The summed E-state index contributed by atoms with van der Waals surface area (Å²) in [5.74, 6) is 1.80. The molecular weight excluding hydrogens is 572 g/mol. The minimum atomic E-state index is -0.479. The van der Waals surface area contributed by atoms with Crippen molar-refractivity contribution in [3.8, 4) is 0 Å². The van der Waals surface area contributed by atoms with Crippen molar-refractivity contribution >= 4 is 23.1 Å². The van der Waals surface area contributed by atoms with Crippen LogP contribution in [-0.4, -0.2) is 27.7 Å². The largest absolute Gasteiger partial charge is 0.459 e. The number of benzene rings is 2. The Bertz CT molecular complexity index is 1530. The zero-order valence-corrected chi connectivity index (χ0v) is 26.3. The van der Waals surface area contributed by atoms with E-state index in [1.165, 1.54) is 36.4 Å². The summed E-state index contributed by atoms with van der Waals surface area (Å²) in [5.41, 5.74) is 2.77. The first kappa shape index (κ1) is 31.1. The maximum absolute atomic E-state index is 13.2. The third-order valence-corrected chi connectivity index (χ3v) is 12.3. The number of ether oxygens (including phenoxy) is 1. The molecule has 0 N–H and O–H groups in total. The van der Waals surface area contributed by atoms with E-state index in [4.69, 9.17) is 4.74 Å². The molecule has 9 nitrogen and oxygen atoms in total. The third kappa shape index (κ3) is 5.59. The van der Waals surface area contributed by atoms with E-state index in [0.717, 1.165) is 51.4 Å². The number of esters is 1. The average molecular weight is 615 g/mol. The Labute approximate surface area is 263 Å². The molecule has 2 aromatic rings. The van der Waals surface area contributed by atoms with Gasteiger partial charge in [0, 0.05) is 36.2 Å². The van der Waals surface area contributed by atoms with Crippen LogP contribution in [0.1, 0.15) is 99.3 Å². The molecule has 4 aliphatic carbocycles. The lowest BCUT2D eigenvalue weighted by atomic mass is 9.47. The molecule has 45 heavy (non-hydrogen) atoms. The Morgan fingerprint density at radius 2 is 1.42 bits per heavy atom. The van der Waals surface area contributed by atoms with Crippen molar-refractivity contribution in [3.63, 3.8) is 0 Å². The second kappa shape index (κ2) is 11.8. The van der Waals surface area contributed by atoms with Gasteiger partial charge < -0.3 is 4.74 Å². The number of carbonyl (C=O) groups excluding carboxylic acids is 2. The molecular formula is C36H42N2O7. The number of hydrogen-bond donors (Lipinski definition) is 0. The topological polar surface area (TPSA) is 130 Å². The van der Waals surface area contributed by atoms with Gasteiger partial charge in [-0.05, 0) is 116 Å². The summed E-state index contributed by atoms with van der Waals surface area (Å²) < 4.78 is 5.93. The summed E-state index contributed by atoms with van der Waals surface area (Å²) in [6.45, 7) is 7.10. The van der Waals surface area contributed by atoms with Crippen LogP contribution in [0.15, 0.2) is 60.2 Å². The van der Waals surface area contributed by atoms with Gasteiger partial charge in [0.25, 0.3) is 11.4 Å². The molecule has 0 aliphatic heterocycles. The number of carbonyl (C=O) groups is 2. The Balaban J connectivity index is 1.10. The van der Waals surface area contributed by atoms with Crippen LogP contribution in [0.3, 0.4) is 0 Å².